The third kappa shape index (κ3) is 4.41. The van der Waals surface area contributed by atoms with Crippen molar-refractivity contribution >= 4 is 11.5 Å². The van der Waals surface area contributed by atoms with Gasteiger partial charge in [0.1, 0.15) is 18.0 Å². The van der Waals surface area contributed by atoms with Gasteiger partial charge in [0.2, 0.25) is 5.88 Å². The summed E-state index contributed by atoms with van der Waals surface area (Å²) < 4.78 is 12.7. The Balaban J connectivity index is 1.30. The van der Waals surface area contributed by atoms with Crippen molar-refractivity contribution in [3.8, 4) is 23.5 Å². The smallest absolute Gasteiger partial charge is 0.219 e. The number of benzene rings is 1. The van der Waals surface area contributed by atoms with E-state index in [1.807, 2.05) is 12.1 Å². The van der Waals surface area contributed by atoms with Crippen LogP contribution in [-0.4, -0.2) is 70.1 Å². The molecule has 3 N–H and O–H groups in total. The van der Waals surface area contributed by atoms with Crippen molar-refractivity contribution in [3.63, 3.8) is 0 Å². The first kappa shape index (κ1) is 27.2. The summed E-state index contributed by atoms with van der Waals surface area (Å²) in [5.41, 5.74) is 10.8. The minimum atomic E-state index is -0.421. The normalized spacial score (nSPS) is 24.9. The largest absolute Gasteiger partial charge is 0.473 e. The Labute approximate surface area is 246 Å². The van der Waals surface area contributed by atoms with Gasteiger partial charge in [-0.25, -0.2) is 4.98 Å². The van der Waals surface area contributed by atoms with Crippen LogP contribution in [0.25, 0.3) is 11.5 Å². The lowest BCUT2D eigenvalue weighted by Crippen LogP contribution is -2.38. The van der Waals surface area contributed by atoms with Crippen LogP contribution in [0.3, 0.4) is 0 Å². The number of hydrogen-bond acceptors (Lipinski definition) is 10. The number of rotatable bonds is 5. The molecule has 7 rings (SSSR count). The number of aryl methyl sites for hydroxylation is 1. The zero-order valence-corrected chi connectivity index (χ0v) is 24.5. The molecule has 2 aliphatic heterocycles. The Hall–Kier alpha value is -3.68. The van der Waals surface area contributed by atoms with Crippen LogP contribution in [-0.2, 0) is 18.3 Å². The van der Waals surface area contributed by atoms with Crippen LogP contribution < -0.4 is 15.4 Å². The second kappa shape index (κ2) is 10.5. The number of aliphatic hydroxyl groups excluding tert-OH is 1. The number of ether oxygens (including phenoxy) is 1. The molecule has 10 nitrogen and oxygen atoms in total. The topological polar surface area (TPSA) is 138 Å². The van der Waals surface area contributed by atoms with Gasteiger partial charge in [-0.3, -0.25) is 4.90 Å². The van der Waals surface area contributed by atoms with E-state index in [1.165, 1.54) is 12.0 Å². The van der Waals surface area contributed by atoms with Crippen molar-refractivity contribution < 1.29 is 14.4 Å². The molecular formula is C32H39N7O3. The molecule has 1 spiro atoms. The van der Waals surface area contributed by atoms with Gasteiger partial charge in [-0.15, -0.1) is 0 Å². The predicted molar refractivity (Wildman–Crippen MR) is 158 cm³/mol. The Bertz CT molecular complexity index is 1540. The molecule has 220 valence electrons. The van der Waals surface area contributed by atoms with E-state index in [-0.39, 0.29) is 12.2 Å². The maximum Gasteiger partial charge on any atom is 0.219 e. The SMILES string of the molecule is C[C@H](Oc1cc(N2CCC(O)CC2)nc(-c2noc3c2CCC[C@@]32CCc3ccc(N)c(C#N)c32)n1)[C@@H]1CCCN1C. The first-order valence-electron chi connectivity index (χ1n) is 15.4. The van der Waals surface area contributed by atoms with E-state index in [1.54, 1.807) is 0 Å². The number of hydrogen-bond donors (Lipinski definition) is 2. The van der Waals surface area contributed by atoms with Crippen LogP contribution in [0, 0.1) is 11.3 Å². The van der Waals surface area contributed by atoms with Crippen molar-refractivity contribution in [2.75, 3.05) is 37.3 Å². The molecule has 42 heavy (non-hydrogen) atoms. The van der Waals surface area contributed by atoms with Crippen molar-refractivity contribution in [2.45, 2.75) is 88.4 Å². The van der Waals surface area contributed by atoms with Gasteiger partial charge in [-0.2, -0.15) is 10.2 Å². The van der Waals surface area contributed by atoms with Crippen LogP contribution in [0.4, 0.5) is 11.5 Å². The maximum absolute atomic E-state index is 10.1. The molecule has 1 aromatic carbocycles. The molecule has 3 atom stereocenters. The second-order valence-electron chi connectivity index (χ2n) is 12.6. The lowest BCUT2D eigenvalue weighted by molar-refractivity contribution is 0.117. The second-order valence-corrected chi connectivity index (χ2v) is 12.6. The molecule has 0 radical (unpaired) electrons. The summed E-state index contributed by atoms with van der Waals surface area (Å²) in [7, 11) is 2.15. The van der Waals surface area contributed by atoms with Crippen LogP contribution in [0.1, 0.15) is 79.9 Å². The van der Waals surface area contributed by atoms with E-state index in [2.05, 4.69) is 41.1 Å². The monoisotopic (exact) mass is 569 g/mol. The standard InChI is InChI=1S/C32H39N7O3/c1-19(25-6-4-14-38(25)2)41-27-17-26(39-15-10-21(40)11-16-39)35-31(36-27)29-22-5-3-12-32(30(22)42-37-29)13-9-20-7-8-24(34)23(18-33)28(20)32/h7-8,17,19,21,25,40H,3-6,9-16,34H2,1-2H3/t19-,25-,32-/m0/s1. The fourth-order valence-corrected chi connectivity index (χ4v) is 7.90. The zero-order chi connectivity index (χ0) is 29.0. The van der Waals surface area contributed by atoms with Crippen LogP contribution in [0.15, 0.2) is 22.7 Å². The third-order valence-corrected chi connectivity index (χ3v) is 10.1. The number of piperidine rings is 1. The van der Waals surface area contributed by atoms with Crippen molar-refractivity contribution in [1.82, 2.24) is 20.0 Å². The highest BCUT2D eigenvalue weighted by atomic mass is 16.5. The number of fused-ring (bicyclic) bond motifs is 4. The minimum absolute atomic E-state index is 0.0318. The minimum Gasteiger partial charge on any atom is -0.473 e. The first-order valence-corrected chi connectivity index (χ1v) is 15.4. The number of nitrogens with zero attached hydrogens (tertiary/aromatic N) is 6. The number of aromatic nitrogens is 3. The van der Waals surface area contributed by atoms with Crippen LogP contribution >= 0.6 is 0 Å². The molecule has 0 unspecified atom stereocenters. The van der Waals surface area contributed by atoms with Gasteiger partial charge in [0.15, 0.2) is 17.3 Å². The van der Waals surface area contributed by atoms with Gasteiger partial charge in [0.05, 0.1) is 17.1 Å². The van der Waals surface area contributed by atoms with E-state index in [4.69, 9.17) is 25.0 Å². The lowest BCUT2D eigenvalue weighted by Gasteiger charge is -2.33. The van der Waals surface area contributed by atoms with E-state index in [0.29, 0.717) is 60.6 Å². The number of anilines is 2. The average molecular weight is 570 g/mol. The molecular weight excluding hydrogens is 530 g/mol. The predicted octanol–water partition coefficient (Wildman–Crippen LogP) is 3.98. The molecule has 3 aromatic rings. The molecule has 4 aliphatic rings. The molecule has 2 aliphatic carbocycles. The molecule has 10 heteroatoms. The Morgan fingerprint density at radius 3 is 2.74 bits per heavy atom. The fraction of sp³-hybridized carbons (Fsp3) is 0.562. The highest BCUT2D eigenvalue weighted by Gasteiger charge is 2.49. The Morgan fingerprint density at radius 1 is 1.14 bits per heavy atom. The van der Waals surface area contributed by atoms with Gasteiger partial charge in [0.25, 0.3) is 0 Å². The van der Waals surface area contributed by atoms with E-state index in [0.717, 1.165) is 67.8 Å². The number of aliphatic hydroxyl groups is 1. The molecule has 0 amide bonds. The summed E-state index contributed by atoms with van der Waals surface area (Å²) in [5.74, 6) is 2.63. The maximum atomic E-state index is 10.1. The van der Waals surface area contributed by atoms with Gasteiger partial charge in [0, 0.05) is 36.4 Å². The quantitative estimate of drug-likeness (QED) is 0.434. The van der Waals surface area contributed by atoms with Crippen LogP contribution in [0.5, 0.6) is 5.88 Å². The van der Waals surface area contributed by atoms with Gasteiger partial charge >= 0.3 is 0 Å². The van der Waals surface area contributed by atoms with E-state index >= 15 is 0 Å². The molecule has 0 bridgehead atoms. The van der Waals surface area contributed by atoms with E-state index < -0.39 is 5.41 Å². The van der Waals surface area contributed by atoms with Gasteiger partial charge < -0.3 is 25.0 Å². The van der Waals surface area contributed by atoms with E-state index in [9.17, 15) is 10.4 Å². The van der Waals surface area contributed by atoms with Crippen molar-refractivity contribution in [2.24, 2.45) is 0 Å². The van der Waals surface area contributed by atoms with Crippen molar-refractivity contribution in [1.29, 1.82) is 5.26 Å². The van der Waals surface area contributed by atoms with Gasteiger partial charge in [-0.05, 0) is 95.5 Å². The highest BCUT2D eigenvalue weighted by Crippen LogP contribution is 2.54. The fourth-order valence-electron chi connectivity index (χ4n) is 7.90. The summed E-state index contributed by atoms with van der Waals surface area (Å²) in [4.78, 5) is 14.5. The number of nitriles is 1. The van der Waals surface area contributed by atoms with Crippen molar-refractivity contribution in [3.05, 3.63) is 46.2 Å². The summed E-state index contributed by atoms with van der Waals surface area (Å²) in [5, 5.41) is 24.8. The third-order valence-electron chi connectivity index (χ3n) is 10.1. The molecule has 2 saturated heterocycles. The summed E-state index contributed by atoms with van der Waals surface area (Å²) in [6, 6.07) is 8.54. The molecule has 2 fully saturated rings. The number of likely N-dealkylation sites (tertiary alicyclic amines) is 1. The average Bonchev–Trinajstić information content (AvgIpc) is 3.72. The number of likely N-dealkylation sites (N-methyl/N-ethyl adjacent to an activating group) is 1. The zero-order valence-electron chi connectivity index (χ0n) is 24.5. The molecule has 2 aromatic heterocycles. The summed E-state index contributed by atoms with van der Waals surface area (Å²) >= 11 is 0. The Morgan fingerprint density at radius 2 is 1.98 bits per heavy atom. The lowest BCUT2D eigenvalue weighted by atomic mass is 9.68. The Kier molecular flexibility index (Phi) is 6.82. The first-order chi connectivity index (χ1) is 20.4. The molecule has 4 heterocycles. The highest BCUT2D eigenvalue weighted by molar-refractivity contribution is 5.68. The van der Waals surface area contributed by atoms with Gasteiger partial charge in [-0.1, -0.05) is 11.2 Å². The summed E-state index contributed by atoms with van der Waals surface area (Å²) in [6.07, 6.45) is 7.72. The number of nitrogen functional groups attached to an aromatic ring is 1. The van der Waals surface area contributed by atoms with Crippen LogP contribution in [0.2, 0.25) is 0 Å². The molecule has 0 saturated carbocycles. The number of nitrogens with two attached hydrogens (primary N) is 1. The summed E-state index contributed by atoms with van der Waals surface area (Å²) in [6.45, 7) is 4.62.